The second-order valence-electron chi connectivity index (χ2n) is 8.50. The number of nitrogens with zero attached hydrogens (tertiary/aromatic N) is 3. The van der Waals surface area contributed by atoms with Crippen molar-refractivity contribution in [2.24, 2.45) is 5.92 Å². The van der Waals surface area contributed by atoms with Crippen molar-refractivity contribution in [2.45, 2.75) is 45.8 Å². The van der Waals surface area contributed by atoms with Gasteiger partial charge in [0.15, 0.2) is 11.5 Å². The lowest BCUT2D eigenvalue weighted by molar-refractivity contribution is 0.122. The lowest BCUT2D eigenvalue weighted by Gasteiger charge is -2.36. The van der Waals surface area contributed by atoms with E-state index in [1.807, 2.05) is 13.8 Å². The first-order valence-corrected chi connectivity index (χ1v) is 10.4. The first kappa shape index (κ1) is 18.0. The summed E-state index contributed by atoms with van der Waals surface area (Å²) in [6, 6.07) is 7.01. The summed E-state index contributed by atoms with van der Waals surface area (Å²) >= 11 is 0. The van der Waals surface area contributed by atoms with Crippen molar-refractivity contribution >= 4 is 0 Å². The highest BCUT2D eigenvalue weighted by Crippen LogP contribution is 2.34. The van der Waals surface area contributed by atoms with E-state index < -0.39 is 0 Å². The Bertz CT molecular complexity index is 830. The fourth-order valence-corrected chi connectivity index (χ4v) is 4.97. The fraction of sp³-hybridized carbons (Fsp3) is 0.591. The molecule has 6 rings (SSSR count). The van der Waals surface area contributed by atoms with Crippen LogP contribution in [0.2, 0.25) is 0 Å². The molecule has 2 aromatic rings. The first-order chi connectivity index (χ1) is 13.7. The largest absolute Gasteiger partial charge is 0.486 e. The van der Waals surface area contributed by atoms with E-state index >= 15 is 0 Å². The Morgan fingerprint density at radius 2 is 1.86 bits per heavy atom. The molecule has 0 radical (unpaired) electrons. The van der Waals surface area contributed by atoms with Crippen LogP contribution in [0.15, 0.2) is 22.7 Å². The topological polar surface area (TPSA) is 51.0 Å². The van der Waals surface area contributed by atoms with Crippen molar-refractivity contribution in [2.75, 3.05) is 32.8 Å². The molecule has 0 amide bonds. The summed E-state index contributed by atoms with van der Waals surface area (Å²) in [5.41, 5.74) is 3.61. The van der Waals surface area contributed by atoms with Crippen molar-refractivity contribution < 1.29 is 14.0 Å². The molecule has 4 aliphatic rings. The first-order valence-electron chi connectivity index (χ1n) is 10.4. The predicted molar refractivity (Wildman–Crippen MR) is 106 cm³/mol. The highest BCUT2D eigenvalue weighted by Gasteiger charge is 2.35. The van der Waals surface area contributed by atoms with Crippen LogP contribution in [-0.4, -0.2) is 53.8 Å². The van der Waals surface area contributed by atoms with E-state index in [0.29, 0.717) is 19.3 Å². The van der Waals surface area contributed by atoms with E-state index in [-0.39, 0.29) is 0 Å². The predicted octanol–water partition coefficient (Wildman–Crippen LogP) is 3.16. The molecule has 0 saturated carbocycles. The Labute approximate surface area is 166 Å². The number of benzene rings is 1. The Kier molecular flexibility index (Phi) is 4.77. The summed E-state index contributed by atoms with van der Waals surface area (Å²) in [6.45, 7) is 10.7. The minimum Gasteiger partial charge on any atom is -0.486 e. The molecule has 6 heteroatoms. The number of aromatic nitrogens is 1. The van der Waals surface area contributed by atoms with Gasteiger partial charge in [0, 0.05) is 44.3 Å². The van der Waals surface area contributed by atoms with Crippen molar-refractivity contribution in [1.29, 1.82) is 0 Å². The zero-order valence-electron chi connectivity index (χ0n) is 16.8. The monoisotopic (exact) mass is 383 g/mol. The smallest absolute Gasteiger partial charge is 0.161 e. The molecular weight excluding hydrogens is 354 g/mol. The molecular formula is C22H29N3O3. The van der Waals surface area contributed by atoms with Gasteiger partial charge in [-0.15, -0.1) is 0 Å². The van der Waals surface area contributed by atoms with Crippen LogP contribution in [0.5, 0.6) is 11.5 Å². The molecule has 0 aliphatic carbocycles. The van der Waals surface area contributed by atoms with E-state index in [1.165, 1.54) is 30.5 Å². The molecule has 3 saturated heterocycles. The van der Waals surface area contributed by atoms with Gasteiger partial charge in [0.25, 0.3) is 0 Å². The van der Waals surface area contributed by atoms with Crippen molar-refractivity contribution in [3.05, 3.63) is 40.8 Å². The van der Waals surface area contributed by atoms with Gasteiger partial charge in [0.1, 0.15) is 19.0 Å². The number of fused-ring (bicyclic) bond motifs is 5. The molecule has 1 aromatic heterocycles. The number of hydrogen-bond donors (Lipinski definition) is 0. The number of rotatable bonds is 4. The van der Waals surface area contributed by atoms with Crippen LogP contribution < -0.4 is 9.47 Å². The van der Waals surface area contributed by atoms with Crippen molar-refractivity contribution in [3.8, 4) is 11.5 Å². The summed E-state index contributed by atoms with van der Waals surface area (Å²) in [5, 5.41) is 4.13. The Morgan fingerprint density at radius 3 is 2.68 bits per heavy atom. The Hall–Kier alpha value is -2.05. The summed E-state index contributed by atoms with van der Waals surface area (Å²) in [6.07, 6.45) is 2.62. The highest BCUT2D eigenvalue weighted by atomic mass is 16.6. The van der Waals surface area contributed by atoms with Gasteiger partial charge in [-0.25, -0.2) is 0 Å². The van der Waals surface area contributed by atoms with Crippen LogP contribution in [0.1, 0.15) is 35.4 Å². The third-order valence-corrected chi connectivity index (χ3v) is 6.46. The maximum Gasteiger partial charge on any atom is 0.161 e. The van der Waals surface area contributed by atoms with E-state index in [2.05, 4.69) is 33.2 Å². The molecule has 6 nitrogen and oxygen atoms in total. The van der Waals surface area contributed by atoms with Crippen LogP contribution in [-0.2, 0) is 13.1 Å². The minimum atomic E-state index is 0.604. The average molecular weight is 383 g/mol. The average Bonchev–Trinajstić information content (AvgIpc) is 2.88. The van der Waals surface area contributed by atoms with Gasteiger partial charge in [-0.2, -0.15) is 0 Å². The molecule has 1 aromatic carbocycles. The van der Waals surface area contributed by atoms with Gasteiger partial charge in [0.2, 0.25) is 0 Å². The zero-order chi connectivity index (χ0) is 19.1. The maximum absolute atomic E-state index is 5.77. The summed E-state index contributed by atoms with van der Waals surface area (Å²) in [4.78, 5) is 5.28. The molecule has 4 aliphatic heterocycles. The molecule has 150 valence electrons. The van der Waals surface area contributed by atoms with Gasteiger partial charge in [-0.1, -0.05) is 11.2 Å². The van der Waals surface area contributed by atoms with E-state index in [0.717, 1.165) is 55.1 Å². The SMILES string of the molecule is Cc1noc(C)c1CN1C[C@@H]2CC[C@H](C1)N(Cc1ccc3c(c1)OCCO3)C2. The third-order valence-electron chi connectivity index (χ3n) is 6.46. The number of piperidine rings is 1. The van der Waals surface area contributed by atoms with Crippen LogP contribution >= 0.6 is 0 Å². The quantitative estimate of drug-likeness (QED) is 0.808. The van der Waals surface area contributed by atoms with Crippen LogP contribution in [0, 0.1) is 19.8 Å². The second-order valence-corrected chi connectivity index (χ2v) is 8.50. The van der Waals surface area contributed by atoms with Crippen LogP contribution in [0.4, 0.5) is 0 Å². The molecule has 2 atom stereocenters. The van der Waals surface area contributed by atoms with Gasteiger partial charge in [0.05, 0.1) is 5.69 Å². The Morgan fingerprint density at radius 1 is 1.00 bits per heavy atom. The molecule has 0 spiro atoms. The van der Waals surface area contributed by atoms with Gasteiger partial charge in [-0.05, 0) is 50.3 Å². The molecule has 2 bridgehead atoms. The number of ether oxygens (including phenoxy) is 2. The van der Waals surface area contributed by atoms with Gasteiger partial charge in [-0.3, -0.25) is 9.80 Å². The van der Waals surface area contributed by atoms with Gasteiger partial charge < -0.3 is 14.0 Å². The number of hydrogen-bond acceptors (Lipinski definition) is 6. The van der Waals surface area contributed by atoms with E-state index in [4.69, 9.17) is 14.0 Å². The molecule has 3 fully saturated rings. The zero-order valence-corrected chi connectivity index (χ0v) is 16.8. The van der Waals surface area contributed by atoms with E-state index in [9.17, 15) is 0 Å². The number of aryl methyl sites for hydroxylation is 2. The normalized spacial score (nSPS) is 25.1. The lowest BCUT2D eigenvalue weighted by atomic mass is 9.94. The molecule has 28 heavy (non-hydrogen) atoms. The fourth-order valence-electron chi connectivity index (χ4n) is 4.97. The van der Waals surface area contributed by atoms with Crippen LogP contribution in [0.3, 0.4) is 0 Å². The maximum atomic E-state index is 5.77. The third kappa shape index (κ3) is 3.51. The standard InChI is InChI=1S/C22H29N3O3/c1-15-20(16(2)28-23-15)14-24-10-18-3-5-19(13-24)25(12-18)11-17-4-6-21-22(9-17)27-8-7-26-21/h4,6,9,18-19H,3,5,7-8,10-14H2,1-2H3/t18-,19+/m0/s1. The summed E-state index contributed by atoms with van der Waals surface area (Å²) in [7, 11) is 0. The lowest BCUT2D eigenvalue weighted by Crippen LogP contribution is -2.43. The summed E-state index contributed by atoms with van der Waals surface area (Å²) in [5.74, 6) is 3.46. The second kappa shape index (κ2) is 7.41. The molecule has 0 unspecified atom stereocenters. The van der Waals surface area contributed by atoms with Crippen molar-refractivity contribution in [3.63, 3.8) is 0 Å². The van der Waals surface area contributed by atoms with Crippen LogP contribution in [0.25, 0.3) is 0 Å². The van der Waals surface area contributed by atoms with Crippen molar-refractivity contribution in [1.82, 2.24) is 15.0 Å². The highest BCUT2D eigenvalue weighted by molar-refractivity contribution is 5.43. The molecule has 0 N–H and O–H groups in total. The molecule has 5 heterocycles. The van der Waals surface area contributed by atoms with E-state index in [1.54, 1.807) is 0 Å². The summed E-state index contributed by atoms with van der Waals surface area (Å²) < 4.78 is 16.8. The minimum absolute atomic E-state index is 0.604. The van der Waals surface area contributed by atoms with Gasteiger partial charge >= 0.3 is 0 Å². The Balaban J connectivity index is 1.29.